The van der Waals surface area contributed by atoms with E-state index in [0.29, 0.717) is 23.7 Å². The Morgan fingerprint density at radius 1 is 1.11 bits per heavy atom. The number of hydrogen-bond acceptors (Lipinski definition) is 4. The van der Waals surface area contributed by atoms with Crippen LogP contribution in [0.4, 0.5) is 22.7 Å². The maximum Gasteiger partial charge on any atom is 0.416 e. The first-order chi connectivity index (χ1) is 13.4. The number of aryl methyl sites for hydroxylation is 1. The fourth-order valence-corrected chi connectivity index (χ4v) is 3.44. The summed E-state index contributed by atoms with van der Waals surface area (Å²) in [5.74, 6) is -0.558. The van der Waals surface area contributed by atoms with Gasteiger partial charge in [-0.15, -0.1) is 0 Å². The fourth-order valence-electron chi connectivity index (χ4n) is 2.60. The number of halogens is 4. The van der Waals surface area contributed by atoms with Gasteiger partial charge in [0, 0.05) is 12.7 Å². The van der Waals surface area contributed by atoms with Crippen molar-refractivity contribution in [2.45, 2.75) is 19.0 Å². The zero-order valence-corrected chi connectivity index (χ0v) is 15.4. The molecule has 1 N–H and O–H groups in total. The van der Waals surface area contributed by atoms with Gasteiger partial charge in [0.2, 0.25) is 0 Å². The van der Waals surface area contributed by atoms with Gasteiger partial charge >= 0.3 is 6.18 Å². The fraction of sp³-hybridized carbons (Fsp3) is 0.200. The van der Waals surface area contributed by atoms with Gasteiger partial charge in [0.1, 0.15) is 11.9 Å². The topological polar surface area (TPSA) is 48.7 Å². The van der Waals surface area contributed by atoms with E-state index in [4.69, 9.17) is 5.26 Å². The molecular weight excluding hydrogens is 390 g/mol. The maximum atomic E-state index is 13.4. The molecule has 144 valence electrons. The molecule has 0 amide bonds. The van der Waals surface area contributed by atoms with Crippen LogP contribution >= 0.6 is 11.3 Å². The van der Waals surface area contributed by atoms with Crippen LogP contribution in [0.3, 0.4) is 0 Å². The molecule has 0 bridgehead atoms. The molecule has 0 atom stereocenters. The molecule has 3 rings (SSSR count). The number of anilines is 1. The first-order valence-electron chi connectivity index (χ1n) is 8.42. The number of nitrogens with one attached hydrogen (secondary N) is 1. The number of thiazole rings is 1. The smallest absolute Gasteiger partial charge is 0.361 e. The zero-order chi connectivity index (χ0) is 20.1. The summed E-state index contributed by atoms with van der Waals surface area (Å²) < 4.78 is 51.1. The van der Waals surface area contributed by atoms with E-state index in [1.165, 1.54) is 35.6 Å². The molecule has 0 saturated heterocycles. The number of rotatable bonds is 6. The average molecular weight is 405 g/mol. The van der Waals surface area contributed by atoms with Crippen molar-refractivity contribution in [1.82, 2.24) is 4.98 Å². The molecule has 0 spiro atoms. The largest absolute Gasteiger partial charge is 0.416 e. The highest BCUT2D eigenvalue weighted by atomic mass is 32.1. The van der Waals surface area contributed by atoms with Crippen LogP contribution in [0.1, 0.15) is 23.1 Å². The van der Waals surface area contributed by atoms with E-state index < -0.39 is 17.6 Å². The Morgan fingerprint density at radius 2 is 1.86 bits per heavy atom. The Bertz CT molecular complexity index is 988. The number of benzene rings is 2. The summed E-state index contributed by atoms with van der Waals surface area (Å²) >= 11 is 1.38. The minimum absolute atomic E-state index is 0.0167. The van der Waals surface area contributed by atoms with Crippen molar-refractivity contribution in [2.75, 3.05) is 11.9 Å². The van der Waals surface area contributed by atoms with Crippen LogP contribution in [-0.2, 0) is 12.6 Å². The van der Waals surface area contributed by atoms with Crippen LogP contribution in [0.25, 0.3) is 10.4 Å². The molecule has 0 aliphatic rings. The van der Waals surface area contributed by atoms with Crippen LogP contribution in [0, 0.1) is 17.1 Å². The van der Waals surface area contributed by atoms with Gasteiger partial charge < -0.3 is 5.32 Å². The first kappa shape index (κ1) is 19.8. The molecule has 2 aromatic carbocycles. The SMILES string of the molecule is N#Cc1cc(-c2cnc(NCCCc3ccc(C(F)(F)F)cc3)s2)ccc1F. The Hall–Kier alpha value is -2.92. The lowest BCUT2D eigenvalue weighted by Crippen LogP contribution is -2.05. The van der Waals surface area contributed by atoms with Crippen molar-refractivity contribution in [3.8, 4) is 16.5 Å². The Morgan fingerprint density at radius 3 is 2.54 bits per heavy atom. The van der Waals surface area contributed by atoms with Crippen molar-refractivity contribution in [2.24, 2.45) is 0 Å². The van der Waals surface area contributed by atoms with Crippen molar-refractivity contribution >= 4 is 16.5 Å². The second-order valence-corrected chi connectivity index (χ2v) is 7.09. The molecule has 28 heavy (non-hydrogen) atoms. The molecular formula is C20H15F4N3S. The maximum absolute atomic E-state index is 13.4. The summed E-state index contributed by atoms with van der Waals surface area (Å²) in [5.41, 5.74) is 0.889. The van der Waals surface area contributed by atoms with E-state index in [1.54, 1.807) is 12.3 Å². The lowest BCUT2D eigenvalue weighted by atomic mass is 10.1. The van der Waals surface area contributed by atoms with Crippen molar-refractivity contribution in [1.29, 1.82) is 5.26 Å². The van der Waals surface area contributed by atoms with Crippen LogP contribution in [0.15, 0.2) is 48.7 Å². The summed E-state index contributed by atoms with van der Waals surface area (Å²) in [4.78, 5) is 5.07. The van der Waals surface area contributed by atoms with Gasteiger partial charge in [0.25, 0.3) is 0 Å². The van der Waals surface area contributed by atoms with Crippen molar-refractivity contribution in [3.05, 3.63) is 71.2 Å². The van der Waals surface area contributed by atoms with Crippen LogP contribution in [0.2, 0.25) is 0 Å². The van der Waals surface area contributed by atoms with Gasteiger partial charge in [0.15, 0.2) is 5.13 Å². The highest BCUT2D eigenvalue weighted by Gasteiger charge is 2.29. The standard InChI is InChI=1S/C20H15F4N3S/c21-17-8-5-14(10-15(17)11-25)18-12-27-19(28-18)26-9-1-2-13-3-6-16(7-4-13)20(22,23)24/h3-8,10,12H,1-2,9H2,(H,26,27). The molecule has 0 unspecified atom stereocenters. The molecule has 0 aliphatic carbocycles. The van der Waals surface area contributed by atoms with Crippen molar-refractivity contribution in [3.63, 3.8) is 0 Å². The van der Waals surface area contributed by atoms with Crippen LogP contribution in [0.5, 0.6) is 0 Å². The highest BCUT2D eigenvalue weighted by molar-refractivity contribution is 7.18. The molecule has 0 aliphatic heterocycles. The van der Waals surface area contributed by atoms with Gasteiger partial charge in [-0.3, -0.25) is 0 Å². The summed E-state index contributed by atoms with van der Waals surface area (Å²) in [7, 11) is 0. The second kappa shape index (κ2) is 8.40. The molecule has 0 radical (unpaired) electrons. The lowest BCUT2D eigenvalue weighted by Gasteiger charge is -2.07. The zero-order valence-electron chi connectivity index (χ0n) is 14.6. The van der Waals surface area contributed by atoms with Gasteiger partial charge in [-0.05, 0) is 48.2 Å². The number of aromatic nitrogens is 1. The molecule has 1 heterocycles. The third-order valence-corrected chi connectivity index (χ3v) is 5.08. The molecule has 8 heteroatoms. The Balaban J connectivity index is 1.52. The van der Waals surface area contributed by atoms with Crippen LogP contribution < -0.4 is 5.32 Å². The van der Waals surface area contributed by atoms with Crippen molar-refractivity contribution < 1.29 is 17.6 Å². The Kier molecular flexibility index (Phi) is 5.95. The monoisotopic (exact) mass is 405 g/mol. The summed E-state index contributed by atoms with van der Waals surface area (Å²) in [6.45, 7) is 0.612. The number of nitriles is 1. The second-order valence-electron chi connectivity index (χ2n) is 6.06. The van der Waals surface area contributed by atoms with Gasteiger partial charge in [0.05, 0.1) is 16.0 Å². The van der Waals surface area contributed by atoms with E-state index in [9.17, 15) is 17.6 Å². The molecule has 3 aromatic rings. The normalized spacial score (nSPS) is 11.2. The van der Waals surface area contributed by atoms with E-state index in [2.05, 4.69) is 10.3 Å². The van der Waals surface area contributed by atoms with E-state index in [0.717, 1.165) is 29.0 Å². The number of nitrogens with zero attached hydrogens (tertiary/aromatic N) is 2. The number of hydrogen-bond donors (Lipinski definition) is 1. The van der Waals surface area contributed by atoms with Gasteiger partial charge in [-0.2, -0.15) is 18.4 Å². The summed E-state index contributed by atoms with van der Waals surface area (Å²) in [6, 6.07) is 11.3. The predicted octanol–water partition coefficient (Wildman–Crippen LogP) is 5.88. The van der Waals surface area contributed by atoms with Crippen LogP contribution in [-0.4, -0.2) is 11.5 Å². The third-order valence-electron chi connectivity index (χ3n) is 4.08. The van der Waals surface area contributed by atoms with E-state index >= 15 is 0 Å². The van der Waals surface area contributed by atoms with Gasteiger partial charge in [-0.1, -0.05) is 29.5 Å². The van der Waals surface area contributed by atoms with E-state index in [-0.39, 0.29) is 5.56 Å². The predicted molar refractivity (Wildman–Crippen MR) is 100 cm³/mol. The minimum atomic E-state index is -4.32. The summed E-state index contributed by atoms with van der Waals surface area (Å²) in [5, 5.41) is 12.8. The van der Waals surface area contributed by atoms with E-state index in [1.807, 2.05) is 6.07 Å². The summed E-state index contributed by atoms with van der Waals surface area (Å²) in [6.07, 6.45) is -1.29. The van der Waals surface area contributed by atoms with Gasteiger partial charge in [-0.25, -0.2) is 9.37 Å². The molecule has 3 nitrogen and oxygen atoms in total. The third kappa shape index (κ3) is 4.87. The first-order valence-corrected chi connectivity index (χ1v) is 9.24. The molecule has 0 saturated carbocycles. The highest BCUT2D eigenvalue weighted by Crippen LogP contribution is 2.30. The number of alkyl halides is 3. The Labute approximate surface area is 163 Å². The quantitative estimate of drug-likeness (QED) is 0.411. The molecule has 1 aromatic heterocycles. The average Bonchev–Trinajstić information content (AvgIpc) is 3.14. The molecule has 0 fully saturated rings. The lowest BCUT2D eigenvalue weighted by molar-refractivity contribution is -0.137. The minimum Gasteiger partial charge on any atom is -0.361 e.